The van der Waals surface area contributed by atoms with Gasteiger partial charge in [0.15, 0.2) is 0 Å². The van der Waals surface area contributed by atoms with Crippen LogP contribution in [0.3, 0.4) is 0 Å². The maximum atomic E-state index is 9.58. The van der Waals surface area contributed by atoms with E-state index < -0.39 is 0 Å². The van der Waals surface area contributed by atoms with Gasteiger partial charge in [0, 0.05) is 13.2 Å². The minimum absolute atomic E-state index is 0.267. The maximum Gasteiger partial charge on any atom is 0.0776 e. The fourth-order valence-electron chi connectivity index (χ4n) is 1.93. The average molecular weight is 187 g/mol. The van der Waals surface area contributed by atoms with E-state index in [9.17, 15) is 5.11 Å². The van der Waals surface area contributed by atoms with E-state index in [0.717, 1.165) is 13.0 Å². The summed E-state index contributed by atoms with van der Waals surface area (Å²) in [5.41, 5.74) is 0. The van der Waals surface area contributed by atoms with Gasteiger partial charge in [-0.05, 0) is 39.3 Å². The number of ether oxygens (including phenoxy) is 1. The van der Waals surface area contributed by atoms with Gasteiger partial charge in [-0.1, -0.05) is 0 Å². The van der Waals surface area contributed by atoms with Crippen LogP contribution in [-0.2, 0) is 4.74 Å². The van der Waals surface area contributed by atoms with Crippen LogP contribution in [0.5, 0.6) is 0 Å². The highest BCUT2D eigenvalue weighted by molar-refractivity contribution is 4.75. The van der Waals surface area contributed by atoms with Crippen molar-refractivity contribution in [3.8, 4) is 0 Å². The second-order valence-corrected chi connectivity index (χ2v) is 3.97. The van der Waals surface area contributed by atoms with Crippen LogP contribution in [0.1, 0.15) is 19.8 Å². The molecule has 2 atom stereocenters. The molecule has 0 bridgehead atoms. The van der Waals surface area contributed by atoms with Crippen molar-refractivity contribution in [3.05, 3.63) is 0 Å². The third kappa shape index (κ3) is 4.07. The number of aliphatic hydroxyl groups excluding tert-OH is 1. The highest BCUT2D eigenvalue weighted by Crippen LogP contribution is 2.19. The molecule has 2 unspecified atom stereocenters. The summed E-state index contributed by atoms with van der Waals surface area (Å²) in [5, 5.41) is 9.58. The molecule has 1 aliphatic heterocycles. The van der Waals surface area contributed by atoms with E-state index >= 15 is 0 Å². The predicted octanol–water partition coefficient (Wildman–Crippen LogP) is 0.726. The number of hydrogen-bond acceptors (Lipinski definition) is 3. The topological polar surface area (TPSA) is 32.7 Å². The Hall–Kier alpha value is -0.120. The molecule has 1 aliphatic rings. The molecule has 1 N–H and O–H groups in total. The fourth-order valence-corrected chi connectivity index (χ4v) is 1.93. The number of likely N-dealkylation sites (tertiary alicyclic amines) is 1. The molecular formula is C10H21NO2. The third-order valence-corrected chi connectivity index (χ3v) is 2.61. The van der Waals surface area contributed by atoms with Crippen LogP contribution < -0.4 is 0 Å². The van der Waals surface area contributed by atoms with Crippen LogP contribution in [0.2, 0.25) is 0 Å². The molecule has 1 heterocycles. The molecule has 13 heavy (non-hydrogen) atoms. The van der Waals surface area contributed by atoms with Crippen LogP contribution in [0.4, 0.5) is 0 Å². The summed E-state index contributed by atoms with van der Waals surface area (Å²) in [7, 11) is 2.13. The lowest BCUT2D eigenvalue weighted by atomic mass is 10.0. The largest absolute Gasteiger partial charge is 0.391 e. The highest BCUT2D eigenvalue weighted by atomic mass is 16.5. The molecule has 0 aromatic carbocycles. The molecule has 0 spiro atoms. The van der Waals surface area contributed by atoms with Gasteiger partial charge in [-0.3, -0.25) is 0 Å². The van der Waals surface area contributed by atoms with Crippen molar-refractivity contribution in [1.82, 2.24) is 4.90 Å². The van der Waals surface area contributed by atoms with Gasteiger partial charge in [0.1, 0.15) is 0 Å². The summed E-state index contributed by atoms with van der Waals surface area (Å²) in [5.74, 6) is 0.667. The third-order valence-electron chi connectivity index (χ3n) is 2.61. The number of aliphatic hydroxyl groups is 1. The van der Waals surface area contributed by atoms with Gasteiger partial charge in [0.05, 0.1) is 12.7 Å². The van der Waals surface area contributed by atoms with Crippen LogP contribution in [-0.4, -0.2) is 49.5 Å². The quantitative estimate of drug-likeness (QED) is 0.688. The first-order chi connectivity index (χ1) is 6.22. The van der Waals surface area contributed by atoms with Gasteiger partial charge < -0.3 is 14.7 Å². The summed E-state index contributed by atoms with van der Waals surface area (Å²) in [6, 6.07) is 0. The Kier molecular flexibility index (Phi) is 4.70. The van der Waals surface area contributed by atoms with Crippen LogP contribution >= 0.6 is 0 Å². The molecule has 0 aromatic heterocycles. The van der Waals surface area contributed by atoms with Crippen LogP contribution in [0.15, 0.2) is 0 Å². The lowest BCUT2D eigenvalue weighted by Gasteiger charge is -2.15. The highest BCUT2D eigenvalue weighted by Gasteiger charge is 2.21. The van der Waals surface area contributed by atoms with Gasteiger partial charge in [-0.15, -0.1) is 0 Å². The van der Waals surface area contributed by atoms with Crippen LogP contribution in [0, 0.1) is 5.92 Å². The van der Waals surface area contributed by atoms with Crippen molar-refractivity contribution in [3.63, 3.8) is 0 Å². The first kappa shape index (κ1) is 11.0. The molecule has 3 nitrogen and oxygen atoms in total. The lowest BCUT2D eigenvalue weighted by Crippen LogP contribution is -2.21. The van der Waals surface area contributed by atoms with Crippen LogP contribution in [0.25, 0.3) is 0 Å². The monoisotopic (exact) mass is 187 g/mol. The smallest absolute Gasteiger partial charge is 0.0776 e. The Morgan fingerprint density at radius 1 is 1.62 bits per heavy atom. The SMILES string of the molecule is CCOCC(O)CC1CCN(C)C1. The number of rotatable bonds is 5. The van der Waals surface area contributed by atoms with Gasteiger partial charge >= 0.3 is 0 Å². The molecule has 0 radical (unpaired) electrons. The Bertz CT molecular complexity index is 141. The van der Waals surface area contributed by atoms with Crippen molar-refractivity contribution in [2.24, 2.45) is 5.92 Å². The molecule has 3 heteroatoms. The molecule has 0 aliphatic carbocycles. The van der Waals surface area contributed by atoms with Crippen molar-refractivity contribution >= 4 is 0 Å². The molecule has 0 aromatic rings. The summed E-state index contributed by atoms with van der Waals surface area (Å²) in [6.07, 6.45) is 1.85. The maximum absolute atomic E-state index is 9.58. The average Bonchev–Trinajstić information content (AvgIpc) is 2.48. The second kappa shape index (κ2) is 5.58. The van der Waals surface area contributed by atoms with Gasteiger partial charge in [-0.25, -0.2) is 0 Å². The fraction of sp³-hybridized carbons (Fsp3) is 1.00. The van der Waals surface area contributed by atoms with E-state index in [4.69, 9.17) is 4.74 Å². The van der Waals surface area contributed by atoms with Crippen molar-refractivity contribution < 1.29 is 9.84 Å². The Labute approximate surface area is 80.7 Å². The summed E-state index contributed by atoms with van der Waals surface area (Å²) < 4.78 is 5.17. The van der Waals surface area contributed by atoms with Crippen molar-refractivity contribution in [1.29, 1.82) is 0 Å². The minimum atomic E-state index is -0.267. The molecular weight excluding hydrogens is 166 g/mol. The van der Waals surface area contributed by atoms with E-state index in [0.29, 0.717) is 19.1 Å². The van der Waals surface area contributed by atoms with E-state index in [1.165, 1.54) is 13.0 Å². The molecule has 1 saturated heterocycles. The zero-order valence-corrected chi connectivity index (χ0v) is 8.70. The van der Waals surface area contributed by atoms with E-state index in [1.807, 2.05) is 6.92 Å². The molecule has 0 saturated carbocycles. The molecule has 0 amide bonds. The van der Waals surface area contributed by atoms with Gasteiger partial charge in [0.2, 0.25) is 0 Å². The Morgan fingerprint density at radius 2 is 2.38 bits per heavy atom. The zero-order valence-electron chi connectivity index (χ0n) is 8.70. The van der Waals surface area contributed by atoms with E-state index in [1.54, 1.807) is 0 Å². The van der Waals surface area contributed by atoms with E-state index in [2.05, 4.69) is 11.9 Å². The molecule has 78 valence electrons. The number of nitrogens with zero attached hydrogens (tertiary/aromatic N) is 1. The molecule has 1 rings (SSSR count). The predicted molar refractivity (Wildman–Crippen MR) is 52.7 cm³/mol. The summed E-state index contributed by atoms with van der Waals surface area (Å²) in [6.45, 7) is 5.45. The van der Waals surface area contributed by atoms with Crippen molar-refractivity contribution in [2.75, 3.05) is 33.4 Å². The normalized spacial score (nSPS) is 26.5. The molecule has 1 fully saturated rings. The Balaban J connectivity index is 2.09. The summed E-state index contributed by atoms with van der Waals surface area (Å²) in [4.78, 5) is 2.32. The second-order valence-electron chi connectivity index (χ2n) is 3.97. The first-order valence-corrected chi connectivity index (χ1v) is 5.16. The standard InChI is InChI=1S/C10H21NO2/c1-3-13-8-10(12)6-9-4-5-11(2)7-9/h9-10,12H,3-8H2,1-2H3. The zero-order chi connectivity index (χ0) is 9.68. The van der Waals surface area contributed by atoms with Gasteiger partial charge in [0.25, 0.3) is 0 Å². The van der Waals surface area contributed by atoms with E-state index in [-0.39, 0.29) is 6.10 Å². The first-order valence-electron chi connectivity index (χ1n) is 5.16. The lowest BCUT2D eigenvalue weighted by molar-refractivity contribution is 0.0299. The minimum Gasteiger partial charge on any atom is -0.391 e. The van der Waals surface area contributed by atoms with Gasteiger partial charge in [-0.2, -0.15) is 0 Å². The Morgan fingerprint density at radius 3 is 2.92 bits per heavy atom. The number of hydrogen-bond donors (Lipinski definition) is 1. The van der Waals surface area contributed by atoms with Crippen molar-refractivity contribution in [2.45, 2.75) is 25.9 Å². The summed E-state index contributed by atoms with van der Waals surface area (Å²) >= 11 is 0.